The fourth-order valence-electron chi connectivity index (χ4n) is 3.84. The Morgan fingerprint density at radius 1 is 1.12 bits per heavy atom. The standard InChI is InChI=1S/C24H25Cl3N4OS2/c25-18-3-1-15(9-20(18)27)11-31-7-5-17(6-8-31)29-23(32)13-33-14-24-30-22(12-34-24)16-2-4-19(26)21(28)10-16/h1-4,9-10,12,17H,5-8,11,13-14,28H2,(H,29,32). The number of likely N-dealkylation sites (tertiary alicyclic amines) is 1. The number of aromatic nitrogens is 1. The number of amides is 1. The molecule has 5 nitrogen and oxygen atoms in total. The fourth-order valence-corrected chi connectivity index (χ4v) is 6.00. The van der Waals surface area contributed by atoms with Crippen molar-refractivity contribution in [3.05, 3.63) is 67.4 Å². The highest BCUT2D eigenvalue weighted by Gasteiger charge is 2.21. The number of carbonyl (C=O) groups is 1. The molecule has 10 heteroatoms. The van der Waals surface area contributed by atoms with Gasteiger partial charge in [0.15, 0.2) is 0 Å². The van der Waals surface area contributed by atoms with E-state index >= 15 is 0 Å². The Bertz CT molecular complexity index is 1150. The molecule has 1 aromatic heterocycles. The normalized spacial score (nSPS) is 14.9. The molecular weight excluding hydrogens is 531 g/mol. The molecule has 0 saturated carbocycles. The minimum absolute atomic E-state index is 0.0789. The zero-order chi connectivity index (χ0) is 24.1. The zero-order valence-corrected chi connectivity index (χ0v) is 22.3. The number of thioether (sulfide) groups is 1. The number of benzene rings is 2. The van der Waals surface area contributed by atoms with Crippen molar-refractivity contribution in [2.75, 3.05) is 24.6 Å². The topological polar surface area (TPSA) is 71.2 Å². The van der Waals surface area contributed by atoms with E-state index in [-0.39, 0.29) is 11.9 Å². The molecule has 1 saturated heterocycles. The fraction of sp³-hybridized carbons (Fsp3) is 0.333. The van der Waals surface area contributed by atoms with Gasteiger partial charge in [0.1, 0.15) is 5.01 Å². The summed E-state index contributed by atoms with van der Waals surface area (Å²) < 4.78 is 0. The number of hydrogen-bond acceptors (Lipinski definition) is 6. The molecule has 4 rings (SSSR count). The van der Waals surface area contributed by atoms with E-state index in [1.807, 2.05) is 35.7 Å². The molecule has 1 fully saturated rings. The Hall–Kier alpha value is -1.48. The Morgan fingerprint density at radius 3 is 2.62 bits per heavy atom. The van der Waals surface area contributed by atoms with Crippen molar-refractivity contribution in [2.24, 2.45) is 0 Å². The van der Waals surface area contributed by atoms with Crippen LogP contribution in [0.4, 0.5) is 5.69 Å². The van der Waals surface area contributed by atoms with Crippen LogP contribution < -0.4 is 11.1 Å². The van der Waals surface area contributed by atoms with Gasteiger partial charge in [-0.3, -0.25) is 9.69 Å². The Labute approximate surface area is 223 Å². The van der Waals surface area contributed by atoms with E-state index in [1.165, 1.54) is 0 Å². The summed E-state index contributed by atoms with van der Waals surface area (Å²) in [4.78, 5) is 19.5. The second-order valence-corrected chi connectivity index (χ2v) is 11.4. The van der Waals surface area contributed by atoms with Crippen LogP contribution in [0.2, 0.25) is 15.1 Å². The van der Waals surface area contributed by atoms with Gasteiger partial charge in [-0.1, -0.05) is 46.9 Å². The summed E-state index contributed by atoms with van der Waals surface area (Å²) in [5.74, 6) is 1.20. The molecule has 0 radical (unpaired) electrons. The predicted octanol–water partition coefficient (Wildman–Crippen LogP) is 6.37. The van der Waals surface area contributed by atoms with E-state index in [2.05, 4.69) is 15.2 Å². The third-order valence-electron chi connectivity index (χ3n) is 5.65. The van der Waals surface area contributed by atoms with Crippen molar-refractivity contribution in [2.45, 2.75) is 31.2 Å². The largest absolute Gasteiger partial charge is 0.398 e. The first-order valence-corrected chi connectivity index (χ1v) is 14.1. The number of nitrogens with one attached hydrogen (secondary N) is 1. The lowest BCUT2D eigenvalue weighted by atomic mass is 10.0. The van der Waals surface area contributed by atoms with E-state index in [4.69, 9.17) is 40.5 Å². The van der Waals surface area contributed by atoms with Crippen molar-refractivity contribution >= 4 is 69.5 Å². The van der Waals surface area contributed by atoms with Crippen LogP contribution in [0.5, 0.6) is 0 Å². The van der Waals surface area contributed by atoms with Crippen molar-refractivity contribution in [1.82, 2.24) is 15.2 Å². The molecule has 1 amide bonds. The molecule has 2 aromatic carbocycles. The quantitative estimate of drug-likeness (QED) is 0.316. The lowest BCUT2D eigenvalue weighted by Crippen LogP contribution is -2.44. The molecule has 3 aromatic rings. The monoisotopic (exact) mass is 554 g/mol. The van der Waals surface area contributed by atoms with Gasteiger partial charge in [0.2, 0.25) is 5.91 Å². The number of anilines is 1. The number of thiazole rings is 1. The Morgan fingerprint density at radius 2 is 1.88 bits per heavy atom. The molecule has 1 aliphatic rings. The highest BCUT2D eigenvalue weighted by molar-refractivity contribution is 7.99. The van der Waals surface area contributed by atoms with E-state index in [0.717, 1.165) is 54.3 Å². The highest BCUT2D eigenvalue weighted by Crippen LogP contribution is 2.29. The van der Waals surface area contributed by atoms with Crippen molar-refractivity contribution < 1.29 is 4.79 Å². The van der Waals surface area contributed by atoms with E-state index in [1.54, 1.807) is 29.2 Å². The Kier molecular flexibility index (Phi) is 9.02. The number of hydrogen-bond donors (Lipinski definition) is 2. The van der Waals surface area contributed by atoms with Crippen LogP contribution in [0.15, 0.2) is 41.8 Å². The SMILES string of the molecule is Nc1cc(-c2csc(CSCC(=O)NC3CCN(Cc4ccc(Cl)c(Cl)c4)CC3)n2)ccc1Cl. The Balaban J connectivity index is 1.16. The maximum Gasteiger partial charge on any atom is 0.230 e. The highest BCUT2D eigenvalue weighted by atomic mass is 35.5. The van der Waals surface area contributed by atoms with Gasteiger partial charge in [-0.2, -0.15) is 0 Å². The van der Waals surface area contributed by atoms with Crippen molar-refractivity contribution in [3.8, 4) is 11.3 Å². The first kappa shape index (κ1) is 25.6. The molecule has 34 heavy (non-hydrogen) atoms. The van der Waals surface area contributed by atoms with Crippen molar-refractivity contribution in [3.63, 3.8) is 0 Å². The number of rotatable bonds is 8. The van der Waals surface area contributed by atoms with Gasteiger partial charge in [-0.25, -0.2) is 4.98 Å². The number of nitrogens with two attached hydrogens (primary N) is 1. The third-order valence-corrected chi connectivity index (χ3v) is 8.70. The average Bonchev–Trinajstić information content (AvgIpc) is 3.28. The van der Waals surface area contributed by atoms with Gasteiger partial charge in [0.05, 0.1) is 32.2 Å². The van der Waals surface area contributed by atoms with Gasteiger partial charge in [0, 0.05) is 42.4 Å². The lowest BCUT2D eigenvalue weighted by molar-refractivity contribution is -0.119. The zero-order valence-electron chi connectivity index (χ0n) is 18.4. The first-order valence-electron chi connectivity index (χ1n) is 10.9. The van der Waals surface area contributed by atoms with Crippen LogP contribution in [-0.2, 0) is 17.1 Å². The summed E-state index contributed by atoms with van der Waals surface area (Å²) >= 11 is 21.3. The molecule has 3 N–H and O–H groups in total. The van der Waals surface area contributed by atoms with Crippen LogP contribution in [0.25, 0.3) is 11.3 Å². The van der Waals surface area contributed by atoms with Gasteiger partial charge in [0.25, 0.3) is 0 Å². The summed E-state index contributed by atoms with van der Waals surface area (Å²) in [7, 11) is 0. The van der Waals surface area contributed by atoms with Gasteiger partial charge in [-0.05, 0) is 42.7 Å². The third kappa shape index (κ3) is 7.03. The molecule has 1 aliphatic heterocycles. The van der Waals surface area contributed by atoms with Crippen LogP contribution in [0, 0.1) is 0 Å². The average molecular weight is 556 g/mol. The molecule has 0 atom stereocenters. The first-order chi connectivity index (χ1) is 16.4. The number of nitrogens with zero attached hydrogens (tertiary/aromatic N) is 2. The molecule has 180 valence electrons. The van der Waals surface area contributed by atoms with Crippen LogP contribution in [0.1, 0.15) is 23.4 Å². The maximum absolute atomic E-state index is 12.4. The molecule has 0 aliphatic carbocycles. The van der Waals surface area contributed by atoms with Gasteiger partial charge < -0.3 is 11.1 Å². The predicted molar refractivity (Wildman–Crippen MR) is 146 cm³/mol. The molecule has 0 spiro atoms. The lowest BCUT2D eigenvalue weighted by Gasteiger charge is -2.32. The van der Waals surface area contributed by atoms with E-state index < -0.39 is 0 Å². The number of piperidine rings is 1. The van der Waals surface area contributed by atoms with Crippen LogP contribution in [-0.4, -0.2) is 40.7 Å². The van der Waals surface area contributed by atoms with Crippen LogP contribution >= 0.6 is 57.9 Å². The van der Waals surface area contributed by atoms with E-state index in [9.17, 15) is 4.79 Å². The smallest absolute Gasteiger partial charge is 0.230 e. The summed E-state index contributed by atoms with van der Waals surface area (Å²) in [5, 5.41) is 7.87. The molecule has 2 heterocycles. The van der Waals surface area contributed by atoms with Crippen molar-refractivity contribution in [1.29, 1.82) is 0 Å². The maximum atomic E-state index is 12.4. The van der Waals surface area contributed by atoms with Crippen LogP contribution in [0.3, 0.4) is 0 Å². The summed E-state index contributed by atoms with van der Waals surface area (Å²) in [6.45, 7) is 2.72. The number of nitrogen functional groups attached to an aromatic ring is 1. The summed E-state index contributed by atoms with van der Waals surface area (Å²) in [6.07, 6.45) is 1.88. The number of carbonyl (C=O) groups excluding carboxylic acids is 1. The molecular formula is C24H25Cl3N4OS2. The summed E-state index contributed by atoms with van der Waals surface area (Å²) in [6, 6.07) is 11.5. The molecule has 0 unspecified atom stereocenters. The second kappa shape index (κ2) is 12.0. The number of halogens is 3. The van der Waals surface area contributed by atoms with Gasteiger partial charge in [-0.15, -0.1) is 23.1 Å². The van der Waals surface area contributed by atoms with E-state index in [0.29, 0.717) is 32.3 Å². The minimum Gasteiger partial charge on any atom is -0.398 e. The van der Waals surface area contributed by atoms with Gasteiger partial charge >= 0.3 is 0 Å². The summed E-state index contributed by atoms with van der Waals surface area (Å²) in [5.41, 5.74) is 9.40. The minimum atomic E-state index is 0.0789. The second-order valence-electron chi connectivity index (χ2n) is 8.22. The molecule has 0 bridgehead atoms.